The van der Waals surface area contributed by atoms with Crippen molar-refractivity contribution >= 4 is 17.8 Å². The Morgan fingerprint density at radius 3 is 2.06 bits per heavy atom. The molecule has 2 aromatic rings. The molecule has 0 saturated carbocycles. The number of hydrogen-bond acceptors (Lipinski definition) is 5. The van der Waals surface area contributed by atoms with Crippen molar-refractivity contribution in [3.8, 4) is 5.75 Å². The summed E-state index contributed by atoms with van der Waals surface area (Å²) in [5.41, 5.74) is 3.49. The predicted molar refractivity (Wildman–Crippen MR) is 138 cm³/mol. The van der Waals surface area contributed by atoms with Crippen LogP contribution in [0.15, 0.2) is 66.7 Å². The Morgan fingerprint density at radius 2 is 1.56 bits per heavy atom. The lowest BCUT2D eigenvalue weighted by molar-refractivity contribution is -0.159. The molecular weight excluding hydrogens is 460 g/mol. The third kappa shape index (κ3) is 9.92. The lowest BCUT2D eigenvalue weighted by atomic mass is 9.94. The topological polar surface area (TPSA) is 107 Å². The van der Waals surface area contributed by atoms with E-state index in [4.69, 9.17) is 24.5 Å². The zero-order chi connectivity index (χ0) is 26.5. The van der Waals surface area contributed by atoms with Crippen molar-refractivity contribution in [1.29, 1.82) is 0 Å². The highest BCUT2D eigenvalue weighted by Gasteiger charge is 2.28. The van der Waals surface area contributed by atoms with Gasteiger partial charge in [0.2, 0.25) is 5.91 Å². The molecule has 0 spiro atoms. The molecule has 0 atom stereocenters. The van der Waals surface area contributed by atoms with Gasteiger partial charge < -0.3 is 19.8 Å². The van der Waals surface area contributed by atoms with E-state index < -0.39 is 11.9 Å². The highest BCUT2D eigenvalue weighted by atomic mass is 16.5. The summed E-state index contributed by atoms with van der Waals surface area (Å²) in [7, 11) is 0. The second kappa shape index (κ2) is 14.7. The van der Waals surface area contributed by atoms with Crippen LogP contribution in [0.3, 0.4) is 0 Å². The summed E-state index contributed by atoms with van der Waals surface area (Å²) in [5, 5.41) is 14.8. The van der Waals surface area contributed by atoms with E-state index in [1.165, 1.54) is 11.1 Å². The Hall–Kier alpha value is -3.65. The van der Waals surface area contributed by atoms with E-state index in [1.807, 2.05) is 49.1 Å². The number of nitrogens with zero attached hydrogens (tertiary/aromatic N) is 2. The summed E-state index contributed by atoms with van der Waals surface area (Å²) in [6.07, 6.45) is 1.87. The van der Waals surface area contributed by atoms with Crippen LogP contribution in [0.5, 0.6) is 5.75 Å². The van der Waals surface area contributed by atoms with Crippen LogP contribution < -0.4 is 4.74 Å². The number of carbonyl (C=O) groups excluding carboxylic acids is 1. The number of hydrogen-bond donors (Lipinski definition) is 2. The summed E-state index contributed by atoms with van der Waals surface area (Å²) in [6.45, 7) is 12.8. The van der Waals surface area contributed by atoms with Crippen LogP contribution in [0.4, 0.5) is 0 Å². The molecule has 194 valence electrons. The molecule has 1 amide bonds. The van der Waals surface area contributed by atoms with E-state index in [2.05, 4.69) is 35.7 Å². The lowest BCUT2D eigenvalue weighted by Gasteiger charge is -2.34. The first-order valence-electron chi connectivity index (χ1n) is 12.1. The highest BCUT2D eigenvalue weighted by Crippen LogP contribution is 2.22. The first-order chi connectivity index (χ1) is 17.2. The number of likely N-dealkylation sites (N-methyl/N-ethyl adjacent to an activating group) is 1. The number of carbonyl (C=O) groups is 3. The summed E-state index contributed by atoms with van der Waals surface area (Å²) in [6, 6.07) is 18.6. The molecule has 1 heterocycles. The third-order valence-electron chi connectivity index (χ3n) is 5.85. The maximum atomic E-state index is 12.8. The largest absolute Gasteiger partial charge is 0.489 e. The van der Waals surface area contributed by atoms with Crippen molar-refractivity contribution in [2.75, 3.05) is 26.2 Å². The zero-order valence-electron chi connectivity index (χ0n) is 21.1. The van der Waals surface area contributed by atoms with Gasteiger partial charge in [0.25, 0.3) is 0 Å². The van der Waals surface area contributed by atoms with E-state index in [9.17, 15) is 4.79 Å². The van der Waals surface area contributed by atoms with Crippen molar-refractivity contribution in [3.63, 3.8) is 0 Å². The first kappa shape index (κ1) is 28.6. The van der Waals surface area contributed by atoms with Gasteiger partial charge in [-0.25, -0.2) is 9.59 Å². The molecule has 0 bridgehead atoms. The summed E-state index contributed by atoms with van der Waals surface area (Å²) >= 11 is 0. The predicted octanol–water partition coefficient (Wildman–Crippen LogP) is 4.06. The smallest absolute Gasteiger partial charge is 0.414 e. The number of aliphatic carboxylic acids is 2. The van der Waals surface area contributed by atoms with E-state index >= 15 is 0 Å². The number of likely N-dealkylation sites (tertiary alicyclic amines) is 1. The molecule has 0 aromatic heterocycles. The minimum atomic E-state index is -1.82. The number of benzene rings is 2. The summed E-state index contributed by atoms with van der Waals surface area (Å²) in [4.78, 5) is 35.4. The van der Waals surface area contributed by atoms with Crippen molar-refractivity contribution < 1.29 is 29.3 Å². The zero-order valence-corrected chi connectivity index (χ0v) is 21.1. The summed E-state index contributed by atoms with van der Waals surface area (Å²) in [5.74, 6) is -2.32. The van der Waals surface area contributed by atoms with Crippen LogP contribution in [0.2, 0.25) is 0 Å². The molecule has 8 nitrogen and oxygen atoms in total. The number of carboxylic acids is 2. The molecule has 8 heteroatoms. The van der Waals surface area contributed by atoms with Crippen molar-refractivity contribution in [1.82, 2.24) is 9.80 Å². The maximum absolute atomic E-state index is 12.8. The fourth-order valence-electron chi connectivity index (χ4n) is 3.96. The van der Waals surface area contributed by atoms with Crippen molar-refractivity contribution in [2.45, 2.75) is 39.8 Å². The normalized spacial score (nSPS) is 13.7. The van der Waals surface area contributed by atoms with Crippen molar-refractivity contribution in [2.24, 2.45) is 5.92 Å². The van der Waals surface area contributed by atoms with E-state index in [1.54, 1.807) is 0 Å². The molecule has 2 N–H and O–H groups in total. The van der Waals surface area contributed by atoms with Gasteiger partial charge in [0, 0.05) is 25.6 Å². The molecule has 1 aliphatic rings. The molecule has 2 aromatic carbocycles. The Morgan fingerprint density at radius 1 is 0.972 bits per heavy atom. The standard InChI is InChI=1S/C26H34N2O2.C2H2O4/c1-4-28(18-21(2)3)26(29)24-14-16-27(17-15-24)19-22-10-12-25(13-11-22)30-20-23-8-6-5-7-9-23;3-1(4)2(5)6/h5-13,24H,2,4,14-20H2,1,3H3;(H,3,4)(H,5,6). The lowest BCUT2D eigenvalue weighted by Crippen LogP contribution is -2.42. The Kier molecular flexibility index (Phi) is 11.7. The molecule has 1 fully saturated rings. The average molecular weight is 497 g/mol. The second-order valence-electron chi connectivity index (χ2n) is 8.89. The van der Waals surface area contributed by atoms with Crippen LogP contribution in [-0.2, 0) is 27.5 Å². The molecule has 0 unspecified atom stereocenters. The van der Waals surface area contributed by atoms with Gasteiger partial charge in [0.05, 0.1) is 0 Å². The van der Waals surface area contributed by atoms with E-state index in [0.29, 0.717) is 19.1 Å². The Labute approximate surface area is 212 Å². The number of piperidine rings is 1. The van der Waals surface area contributed by atoms with Gasteiger partial charge in [0.1, 0.15) is 12.4 Å². The van der Waals surface area contributed by atoms with Crippen LogP contribution >= 0.6 is 0 Å². The fourth-order valence-corrected chi connectivity index (χ4v) is 3.96. The molecule has 3 rings (SSSR count). The highest BCUT2D eigenvalue weighted by molar-refractivity contribution is 6.27. The van der Waals surface area contributed by atoms with Gasteiger partial charge in [-0.1, -0.05) is 54.6 Å². The summed E-state index contributed by atoms with van der Waals surface area (Å²) < 4.78 is 5.88. The Balaban J connectivity index is 0.000000678. The number of rotatable bonds is 9. The molecule has 0 radical (unpaired) electrons. The number of amides is 1. The average Bonchev–Trinajstić information content (AvgIpc) is 2.87. The van der Waals surface area contributed by atoms with Crippen LogP contribution in [-0.4, -0.2) is 64.0 Å². The molecule has 0 aliphatic carbocycles. The van der Waals surface area contributed by atoms with Crippen LogP contribution in [0.25, 0.3) is 0 Å². The van der Waals surface area contributed by atoms with Gasteiger partial charge in [-0.2, -0.15) is 0 Å². The first-order valence-corrected chi connectivity index (χ1v) is 12.1. The van der Waals surface area contributed by atoms with E-state index in [-0.39, 0.29) is 5.92 Å². The molecular formula is C28H36N2O6. The number of carboxylic acid groups (broad SMARTS) is 2. The third-order valence-corrected chi connectivity index (χ3v) is 5.85. The van der Waals surface area contributed by atoms with Crippen LogP contribution in [0, 0.1) is 5.92 Å². The minimum Gasteiger partial charge on any atom is -0.489 e. The van der Waals surface area contributed by atoms with Crippen molar-refractivity contribution in [3.05, 3.63) is 77.9 Å². The molecule has 1 saturated heterocycles. The molecule has 1 aliphatic heterocycles. The molecule has 36 heavy (non-hydrogen) atoms. The second-order valence-corrected chi connectivity index (χ2v) is 8.89. The fraction of sp³-hybridized carbons (Fsp3) is 0.393. The minimum absolute atomic E-state index is 0.148. The Bertz CT molecular complexity index is 986. The van der Waals surface area contributed by atoms with Gasteiger partial charge >= 0.3 is 11.9 Å². The van der Waals surface area contributed by atoms with Gasteiger partial charge in [0.15, 0.2) is 0 Å². The SMILES string of the molecule is C=C(C)CN(CC)C(=O)C1CCN(Cc2ccc(OCc3ccccc3)cc2)CC1.O=C(O)C(=O)O. The van der Waals surface area contributed by atoms with Gasteiger partial charge in [-0.05, 0) is 63.0 Å². The maximum Gasteiger partial charge on any atom is 0.414 e. The van der Waals surface area contributed by atoms with Gasteiger partial charge in [-0.3, -0.25) is 9.69 Å². The monoisotopic (exact) mass is 496 g/mol. The van der Waals surface area contributed by atoms with Gasteiger partial charge in [-0.15, -0.1) is 0 Å². The number of ether oxygens (including phenoxy) is 1. The van der Waals surface area contributed by atoms with Crippen LogP contribution in [0.1, 0.15) is 37.8 Å². The van der Waals surface area contributed by atoms with E-state index in [0.717, 1.165) is 50.3 Å². The quantitative estimate of drug-likeness (QED) is 0.398.